The van der Waals surface area contributed by atoms with Crippen LogP contribution >= 0.6 is 0 Å². The Morgan fingerprint density at radius 2 is 2.00 bits per heavy atom. The fourth-order valence-corrected chi connectivity index (χ4v) is 3.34. The van der Waals surface area contributed by atoms with E-state index >= 15 is 0 Å². The first kappa shape index (κ1) is 14.8. The molecule has 1 aliphatic heterocycles. The highest BCUT2D eigenvalue weighted by atomic mass is 16.1. The molecule has 0 bridgehead atoms. The zero-order valence-corrected chi connectivity index (χ0v) is 13.2. The molecule has 0 atom stereocenters. The molecule has 0 aromatic carbocycles. The van der Waals surface area contributed by atoms with Crippen LogP contribution in [0.3, 0.4) is 0 Å². The van der Waals surface area contributed by atoms with E-state index in [1.54, 1.807) is 6.20 Å². The molecule has 0 unspecified atom stereocenters. The fourth-order valence-electron chi connectivity index (χ4n) is 3.34. The summed E-state index contributed by atoms with van der Waals surface area (Å²) in [5.74, 6) is -0.186. The first-order valence-electron chi connectivity index (χ1n) is 7.89. The lowest BCUT2D eigenvalue weighted by atomic mass is 9.92. The Kier molecular flexibility index (Phi) is 3.74. The molecule has 4 nitrogen and oxygen atoms in total. The molecule has 1 saturated heterocycles. The third-order valence-corrected chi connectivity index (χ3v) is 5.03. The molecule has 1 saturated carbocycles. The highest BCUT2D eigenvalue weighted by Gasteiger charge is 2.45. The lowest BCUT2D eigenvalue weighted by Gasteiger charge is -2.35. The van der Waals surface area contributed by atoms with Gasteiger partial charge in [-0.1, -0.05) is 6.07 Å². The second-order valence-corrected chi connectivity index (χ2v) is 6.55. The Balaban J connectivity index is 2.02. The maximum atomic E-state index is 11.9. The van der Waals surface area contributed by atoms with E-state index in [1.165, 1.54) is 19.8 Å². The van der Waals surface area contributed by atoms with Gasteiger partial charge in [-0.15, -0.1) is 0 Å². The summed E-state index contributed by atoms with van der Waals surface area (Å²) >= 11 is 0. The first-order chi connectivity index (χ1) is 10.6. The number of allylic oxidation sites excluding steroid dienone is 1. The number of aryl methyl sites for hydroxylation is 1. The predicted octanol–water partition coefficient (Wildman–Crippen LogP) is 3.09. The predicted molar refractivity (Wildman–Crippen MR) is 84.7 cm³/mol. The summed E-state index contributed by atoms with van der Waals surface area (Å²) in [5, 5.41) is 9.48. The van der Waals surface area contributed by atoms with Gasteiger partial charge in [0.1, 0.15) is 11.6 Å². The van der Waals surface area contributed by atoms with Crippen LogP contribution in [0.2, 0.25) is 0 Å². The van der Waals surface area contributed by atoms with E-state index in [1.807, 2.05) is 19.1 Å². The first-order valence-corrected chi connectivity index (χ1v) is 7.89. The molecular formula is C18H21N3O. The molecule has 1 aromatic heterocycles. The van der Waals surface area contributed by atoms with Crippen molar-refractivity contribution >= 4 is 11.5 Å². The van der Waals surface area contributed by atoms with Crippen molar-refractivity contribution in [3.05, 3.63) is 35.2 Å². The minimum atomic E-state index is -0.186. The van der Waals surface area contributed by atoms with Crippen LogP contribution < -0.4 is 0 Å². The summed E-state index contributed by atoms with van der Waals surface area (Å²) in [4.78, 5) is 18.6. The zero-order valence-electron chi connectivity index (χ0n) is 13.2. The van der Waals surface area contributed by atoms with E-state index in [0.29, 0.717) is 5.41 Å². The van der Waals surface area contributed by atoms with Gasteiger partial charge in [0.05, 0.1) is 11.4 Å². The van der Waals surface area contributed by atoms with E-state index in [2.05, 4.69) is 16.0 Å². The number of likely N-dealkylation sites (tertiary alicyclic amines) is 1. The van der Waals surface area contributed by atoms with Crippen LogP contribution in [-0.2, 0) is 4.79 Å². The van der Waals surface area contributed by atoms with Crippen molar-refractivity contribution in [3.63, 3.8) is 0 Å². The summed E-state index contributed by atoms with van der Waals surface area (Å²) in [7, 11) is 0. The molecule has 0 amide bonds. The average Bonchev–Trinajstić information content (AvgIpc) is 3.26. The molecule has 114 valence electrons. The Labute approximate surface area is 131 Å². The van der Waals surface area contributed by atoms with Gasteiger partial charge in [-0.2, -0.15) is 5.26 Å². The second kappa shape index (κ2) is 5.57. The van der Waals surface area contributed by atoms with Crippen LogP contribution in [0.25, 0.3) is 5.70 Å². The average molecular weight is 295 g/mol. The highest BCUT2D eigenvalue weighted by molar-refractivity contribution is 6.04. The molecular weight excluding hydrogens is 274 g/mol. The lowest BCUT2D eigenvalue weighted by Crippen LogP contribution is -2.34. The number of nitrogens with zero attached hydrogens (tertiary/aromatic N) is 3. The van der Waals surface area contributed by atoms with Gasteiger partial charge in [0.2, 0.25) is 0 Å². The molecule has 22 heavy (non-hydrogen) atoms. The number of ketones is 1. The quantitative estimate of drug-likeness (QED) is 0.635. The van der Waals surface area contributed by atoms with Crippen LogP contribution in [0.4, 0.5) is 0 Å². The second-order valence-electron chi connectivity index (χ2n) is 6.55. The SMILES string of the molecule is CC(=O)/C(C#N)=C(\c1ncccc1C)N1CCC2(CC1)CC2. The van der Waals surface area contributed by atoms with Crippen molar-refractivity contribution < 1.29 is 4.79 Å². The van der Waals surface area contributed by atoms with Crippen molar-refractivity contribution in [1.29, 1.82) is 5.26 Å². The molecule has 4 heteroatoms. The smallest absolute Gasteiger partial charge is 0.172 e. The van der Waals surface area contributed by atoms with Crippen LogP contribution in [0, 0.1) is 23.7 Å². The van der Waals surface area contributed by atoms with E-state index < -0.39 is 0 Å². The number of rotatable bonds is 3. The van der Waals surface area contributed by atoms with Crippen LogP contribution in [0.15, 0.2) is 23.9 Å². The van der Waals surface area contributed by atoms with Crippen LogP contribution in [-0.4, -0.2) is 28.8 Å². The van der Waals surface area contributed by atoms with E-state index in [-0.39, 0.29) is 11.4 Å². The van der Waals surface area contributed by atoms with Crippen molar-refractivity contribution in [2.75, 3.05) is 13.1 Å². The normalized spacial score (nSPS) is 20.3. The summed E-state index contributed by atoms with van der Waals surface area (Å²) in [6.45, 7) is 5.25. The van der Waals surface area contributed by atoms with Gasteiger partial charge in [-0.25, -0.2) is 0 Å². The standard InChI is InChI=1S/C18H21N3O/c1-13-4-3-9-20-16(13)17(15(12-19)14(2)22)21-10-7-18(5-6-18)8-11-21/h3-4,9H,5-8,10-11H2,1-2H3/b17-15+. The number of carbonyl (C=O) groups excluding carboxylic acids is 1. The van der Waals surface area contributed by atoms with Crippen molar-refractivity contribution in [1.82, 2.24) is 9.88 Å². The summed E-state index contributed by atoms with van der Waals surface area (Å²) in [6.07, 6.45) is 6.70. The van der Waals surface area contributed by atoms with E-state index in [0.717, 1.165) is 42.9 Å². The van der Waals surface area contributed by atoms with E-state index in [4.69, 9.17) is 0 Å². The molecule has 2 fully saturated rings. The van der Waals surface area contributed by atoms with E-state index in [9.17, 15) is 10.1 Å². The molecule has 1 aliphatic carbocycles. The maximum absolute atomic E-state index is 11.9. The van der Waals surface area contributed by atoms with Gasteiger partial charge >= 0.3 is 0 Å². The number of carbonyl (C=O) groups is 1. The Hall–Kier alpha value is -2.15. The monoisotopic (exact) mass is 295 g/mol. The van der Waals surface area contributed by atoms with Crippen molar-refractivity contribution in [3.8, 4) is 6.07 Å². The zero-order chi connectivity index (χ0) is 15.7. The maximum Gasteiger partial charge on any atom is 0.172 e. The van der Waals surface area contributed by atoms with Gasteiger partial charge < -0.3 is 4.90 Å². The summed E-state index contributed by atoms with van der Waals surface area (Å²) in [6, 6.07) is 5.97. The Morgan fingerprint density at radius 3 is 2.50 bits per heavy atom. The third kappa shape index (κ3) is 2.64. The largest absolute Gasteiger partial charge is 0.369 e. The number of piperidine rings is 1. The van der Waals surface area contributed by atoms with Gasteiger partial charge in [-0.3, -0.25) is 9.78 Å². The van der Waals surface area contributed by atoms with Crippen molar-refractivity contribution in [2.45, 2.75) is 39.5 Å². The highest BCUT2D eigenvalue weighted by Crippen LogP contribution is 2.54. The number of hydrogen-bond acceptors (Lipinski definition) is 4. The van der Waals surface area contributed by atoms with Gasteiger partial charge in [-0.05, 0) is 56.6 Å². The Morgan fingerprint density at radius 1 is 1.32 bits per heavy atom. The number of nitriles is 1. The number of Topliss-reactive ketones (excluding diaryl/α,β-unsaturated/α-hetero) is 1. The topological polar surface area (TPSA) is 57.0 Å². The minimum Gasteiger partial charge on any atom is -0.369 e. The van der Waals surface area contributed by atoms with Crippen LogP contribution in [0.5, 0.6) is 0 Å². The fraction of sp³-hybridized carbons (Fsp3) is 0.500. The molecule has 2 aliphatic rings. The van der Waals surface area contributed by atoms with Gasteiger partial charge in [0, 0.05) is 19.3 Å². The number of aromatic nitrogens is 1. The molecule has 0 radical (unpaired) electrons. The minimum absolute atomic E-state index is 0.186. The summed E-state index contributed by atoms with van der Waals surface area (Å²) in [5.41, 5.74) is 3.28. The third-order valence-electron chi connectivity index (χ3n) is 5.03. The summed E-state index contributed by atoms with van der Waals surface area (Å²) < 4.78 is 0. The molecule has 1 aromatic rings. The molecule has 0 N–H and O–H groups in total. The van der Waals surface area contributed by atoms with Crippen molar-refractivity contribution in [2.24, 2.45) is 5.41 Å². The van der Waals surface area contributed by atoms with Crippen LogP contribution in [0.1, 0.15) is 43.9 Å². The van der Waals surface area contributed by atoms with Gasteiger partial charge in [0.15, 0.2) is 5.78 Å². The Bertz CT molecular complexity index is 670. The number of hydrogen-bond donors (Lipinski definition) is 0. The molecule has 1 spiro atoms. The molecule has 3 rings (SSSR count). The van der Waals surface area contributed by atoms with Gasteiger partial charge in [0.25, 0.3) is 0 Å². The molecule has 2 heterocycles. The number of pyridine rings is 1. The lowest BCUT2D eigenvalue weighted by molar-refractivity contribution is -0.113.